The molecule has 2 aromatic heterocycles. The van der Waals surface area contributed by atoms with Crippen LogP contribution in [0.4, 0.5) is 26.3 Å². The number of hydrogen-bond acceptors (Lipinski definition) is 4. The minimum Gasteiger partial charge on any atom is -0.389 e. The molecular weight excluding hydrogens is 540 g/mol. The summed E-state index contributed by atoms with van der Waals surface area (Å²) in [4.78, 5) is 32.5. The Morgan fingerprint density at radius 3 is 2.15 bits per heavy atom. The lowest BCUT2D eigenvalue weighted by molar-refractivity contribution is -0.143. The van der Waals surface area contributed by atoms with Gasteiger partial charge in [0.15, 0.2) is 0 Å². The van der Waals surface area contributed by atoms with Crippen LogP contribution in [-0.4, -0.2) is 38.1 Å². The first-order valence-corrected chi connectivity index (χ1v) is 12.1. The number of halogens is 6. The Balaban J connectivity index is 1.70. The largest absolute Gasteiger partial charge is 0.416 e. The van der Waals surface area contributed by atoms with Gasteiger partial charge in [-0.15, -0.1) is 0 Å². The van der Waals surface area contributed by atoms with Gasteiger partial charge in [0.1, 0.15) is 11.2 Å². The molecule has 0 spiro atoms. The van der Waals surface area contributed by atoms with Crippen molar-refractivity contribution in [3.05, 3.63) is 99.1 Å². The molecule has 1 aliphatic heterocycles. The third-order valence-corrected chi connectivity index (χ3v) is 6.71. The number of hydrogen-bond donors (Lipinski definition) is 1. The zero-order chi connectivity index (χ0) is 29.0. The van der Waals surface area contributed by atoms with Crippen molar-refractivity contribution in [2.45, 2.75) is 38.5 Å². The molecule has 3 heterocycles. The van der Waals surface area contributed by atoms with E-state index in [1.165, 1.54) is 6.20 Å². The van der Waals surface area contributed by atoms with Crippen molar-refractivity contribution in [2.75, 3.05) is 6.54 Å². The highest BCUT2D eigenvalue weighted by Crippen LogP contribution is 2.37. The summed E-state index contributed by atoms with van der Waals surface area (Å²) in [6.07, 6.45) is -10.1. The average molecular weight is 561 g/mol. The van der Waals surface area contributed by atoms with Gasteiger partial charge in [0.2, 0.25) is 0 Å². The average Bonchev–Trinajstić information content (AvgIpc) is 3.00. The van der Waals surface area contributed by atoms with Crippen LogP contribution < -0.4 is 5.56 Å². The molecule has 12 heteroatoms. The quantitative estimate of drug-likeness (QED) is 0.339. The van der Waals surface area contributed by atoms with Gasteiger partial charge in [-0.2, -0.15) is 26.3 Å². The van der Waals surface area contributed by atoms with E-state index in [0.717, 1.165) is 15.0 Å². The lowest BCUT2D eigenvalue weighted by Gasteiger charge is -2.24. The molecule has 0 aliphatic carbocycles. The van der Waals surface area contributed by atoms with E-state index in [9.17, 15) is 41.0 Å². The van der Waals surface area contributed by atoms with Gasteiger partial charge in [-0.25, -0.2) is 0 Å². The molecule has 1 unspecified atom stereocenters. The number of carbonyl (C=O) groups excluding carboxylic acids is 1. The number of aliphatic hydroxyl groups excluding tert-OH is 1. The van der Waals surface area contributed by atoms with Gasteiger partial charge >= 0.3 is 12.4 Å². The summed E-state index contributed by atoms with van der Waals surface area (Å²) < 4.78 is 81.7. The number of nitrogens with zero attached hydrogens (tertiary/aromatic N) is 3. The molecule has 208 valence electrons. The van der Waals surface area contributed by atoms with Gasteiger partial charge < -0.3 is 10.0 Å². The Kier molecular flexibility index (Phi) is 6.69. The number of aryl methyl sites for hydroxylation is 1. The minimum atomic E-state index is -5.07. The van der Waals surface area contributed by atoms with E-state index in [4.69, 9.17) is 0 Å². The van der Waals surface area contributed by atoms with E-state index in [1.54, 1.807) is 36.4 Å². The van der Waals surface area contributed by atoms with Crippen molar-refractivity contribution in [3.8, 4) is 11.1 Å². The Hall–Kier alpha value is -4.19. The number of benzene rings is 2. The second-order valence-electron chi connectivity index (χ2n) is 9.66. The van der Waals surface area contributed by atoms with Crippen molar-refractivity contribution in [2.24, 2.45) is 0 Å². The van der Waals surface area contributed by atoms with Crippen LogP contribution in [0.1, 0.15) is 32.7 Å². The van der Waals surface area contributed by atoms with Crippen LogP contribution in [0, 0.1) is 6.92 Å². The van der Waals surface area contributed by atoms with Crippen molar-refractivity contribution in [1.82, 2.24) is 14.5 Å². The van der Waals surface area contributed by atoms with E-state index < -0.39 is 59.7 Å². The second kappa shape index (κ2) is 9.77. The number of fused-ring (bicyclic) bond motifs is 2. The third kappa shape index (κ3) is 5.06. The smallest absolute Gasteiger partial charge is 0.389 e. The number of aliphatic hydroxyl groups is 1. The highest BCUT2D eigenvalue weighted by Gasteiger charge is 2.38. The Morgan fingerprint density at radius 2 is 1.55 bits per heavy atom. The molecule has 1 aliphatic rings. The maximum atomic E-state index is 14.0. The SMILES string of the molecule is Cc1ccc(-c2c3n(c(=O)c4ncccc24)CC(O)CN(Cc2cc(C(F)(F)F)cc(C(F)(F)F)c2)C3=O)cc1. The molecule has 1 amide bonds. The Labute approximate surface area is 223 Å². The molecule has 6 nitrogen and oxygen atoms in total. The summed E-state index contributed by atoms with van der Waals surface area (Å²) in [7, 11) is 0. The molecule has 1 atom stereocenters. The van der Waals surface area contributed by atoms with E-state index in [-0.39, 0.29) is 23.8 Å². The van der Waals surface area contributed by atoms with Crippen LogP contribution in [0.5, 0.6) is 0 Å². The van der Waals surface area contributed by atoms with Crippen molar-refractivity contribution in [3.63, 3.8) is 0 Å². The topological polar surface area (TPSA) is 75.4 Å². The molecule has 40 heavy (non-hydrogen) atoms. The lowest BCUT2D eigenvalue weighted by atomic mass is 9.97. The van der Waals surface area contributed by atoms with Crippen molar-refractivity contribution in [1.29, 1.82) is 0 Å². The normalized spacial score (nSPS) is 16.2. The number of amides is 1. The molecule has 4 aromatic rings. The number of aromatic nitrogens is 2. The summed E-state index contributed by atoms with van der Waals surface area (Å²) in [6.45, 7) is 0.412. The summed E-state index contributed by atoms with van der Waals surface area (Å²) >= 11 is 0. The van der Waals surface area contributed by atoms with Crippen LogP contribution in [0.2, 0.25) is 0 Å². The molecule has 5 rings (SSSR count). The van der Waals surface area contributed by atoms with Gasteiger partial charge in [0.05, 0.1) is 23.8 Å². The van der Waals surface area contributed by atoms with E-state index in [2.05, 4.69) is 4.98 Å². The van der Waals surface area contributed by atoms with Crippen molar-refractivity contribution >= 4 is 16.8 Å². The van der Waals surface area contributed by atoms with Crippen LogP contribution in [0.25, 0.3) is 22.0 Å². The van der Waals surface area contributed by atoms with Crippen LogP contribution in [0.3, 0.4) is 0 Å². The predicted molar refractivity (Wildman–Crippen MR) is 133 cm³/mol. The Morgan fingerprint density at radius 1 is 0.925 bits per heavy atom. The fourth-order valence-electron chi connectivity index (χ4n) is 4.90. The molecule has 2 aromatic carbocycles. The first-order valence-electron chi connectivity index (χ1n) is 12.1. The maximum Gasteiger partial charge on any atom is 0.416 e. The van der Waals surface area contributed by atoms with Crippen LogP contribution >= 0.6 is 0 Å². The second-order valence-corrected chi connectivity index (χ2v) is 9.66. The van der Waals surface area contributed by atoms with E-state index >= 15 is 0 Å². The summed E-state index contributed by atoms with van der Waals surface area (Å²) in [5.74, 6) is -0.832. The van der Waals surface area contributed by atoms with Crippen LogP contribution in [-0.2, 0) is 25.4 Å². The molecule has 0 saturated carbocycles. The van der Waals surface area contributed by atoms with E-state index in [1.807, 2.05) is 6.92 Å². The van der Waals surface area contributed by atoms with Gasteiger partial charge in [-0.1, -0.05) is 35.9 Å². The summed E-state index contributed by atoms with van der Waals surface area (Å²) in [6, 6.07) is 11.3. The first-order chi connectivity index (χ1) is 18.7. The highest BCUT2D eigenvalue weighted by atomic mass is 19.4. The molecule has 0 bridgehead atoms. The fraction of sp³-hybridized carbons (Fsp3) is 0.250. The molecule has 0 radical (unpaired) electrons. The Bertz CT molecular complexity index is 1640. The number of β-amino-alcohol motifs (C(OH)–C–C–N with tert-alkyl or cyclic N) is 1. The van der Waals surface area contributed by atoms with Crippen molar-refractivity contribution < 1.29 is 36.2 Å². The maximum absolute atomic E-state index is 14.0. The third-order valence-electron chi connectivity index (χ3n) is 6.71. The molecule has 0 fully saturated rings. The zero-order valence-corrected chi connectivity index (χ0v) is 20.8. The summed E-state index contributed by atoms with van der Waals surface area (Å²) in [5.41, 5.74) is -2.46. The van der Waals surface area contributed by atoms with Crippen LogP contribution in [0.15, 0.2) is 65.6 Å². The number of alkyl halides is 6. The predicted octanol–water partition coefficient (Wildman–Crippen LogP) is 5.43. The number of pyridine rings is 2. The molecule has 0 saturated heterocycles. The first kappa shape index (κ1) is 27.4. The summed E-state index contributed by atoms with van der Waals surface area (Å²) in [5, 5.41) is 11.1. The van der Waals surface area contributed by atoms with Gasteiger partial charge in [-0.05, 0) is 42.3 Å². The number of rotatable bonds is 3. The van der Waals surface area contributed by atoms with Gasteiger partial charge in [0.25, 0.3) is 11.5 Å². The van der Waals surface area contributed by atoms with Gasteiger partial charge in [0, 0.05) is 30.2 Å². The highest BCUT2D eigenvalue weighted by molar-refractivity contribution is 6.07. The number of carbonyl (C=O) groups is 1. The van der Waals surface area contributed by atoms with E-state index in [0.29, 0.717) is 28.6 Å². The molecular formula is C28H21F6N3O3. The fourth-order valence-corrected chi connectivity index (χ4v) is 4.90. The zero-order valence-electron chi connectivity index (χ0n) is 20.8. The molecule has 1 N–H and O–H groups in total. The monoisotopic (exact) mass is 561 g/mol. The standard InChI is InChI=1S/C28H21F6N3O3/c1-15-4-6-17(7-5-15)22-21-3-2-8-35-23(21)25(39)37-14-20(38)13-36(26(40)24(22)37)12-16-9-18(27(29,30)31)11-19(10-16)28(32,33)34/h2-11,20,38H,12-14H2,1H3. The van der Waals surface area contributed by atoms with Gasteiger partial charge in [-0.3, -0.25) is 19.1 Å². The lowest BCUT2D eigenvalue weighted by Crippen LogP contribution is -2.35. The minimum absolute atomic E-state index is 0.00604.